The maximum Gasteiger partial charge on any atom is 0.0964 e. The normalized spacial score (nSPS) is 18.3. The van der Waals surface area contributed by atoms with E-state index < -0.39 is 5.60 Å². The van der Waals surface area contributed by atoms with E-state index in [1.54, 1.807) is 11.8 Å². The van der Waals surface area contributed by atoms with E-state index >= 15 is 0 Å². The first-order valence-corrected chi connectivity index (χ1v) is 6.53. The van der Waals surface area contributed by atoms with Crippen LogP contribution >= 0.6 is 0 Å². The van der Waals surface area contributed by atoms with Crippen molar-refractivity contribution in [2.75, 3.05) is 20.3 Å². The molecule has 1 aliphatic carbocycles. The SMILES string of the molecule is COCCNCc1cn(CC2(O)CCCC2)nn1. The van der Waals surface area contributed by atoms with E-state index in [4.69, 9.17) is 4.74 Å². The average Bonchev–Trinajstić information content (AvgIpc) is 2.95. The van der Waals surface area contributed by atoms with Crippen LogP contribution in [0.4, 0.5) is 0 Å². The number of nitrogens with zero attached hydrogens (tertiary/aromatic N) is 3. The summed E-state index contributed by atoms with van der Waals surface area (Å²) in [5, 5.41) is 21.6. The summed E-state index contributed by atoms with van der Waals surface area (Å²) in [6, 6.07) is 0. The first-order valence-electron chi connectivity index (χ1n) is 6.53. The lowest BCUT2D eigenvalue weighted by Gasteiger charge is -2.21. The van der Waals surface area contributed by atoms with Crippen molar-refractivity contribution in [3.05, 3.63) is 11.9 Å². The monoisotopic (exact) mass is 254 g/mol. The molecule has 102 valence electrons. The molecule has 0 unspecified atom stereocenters. The molecular formula is C12H22N4O2. The van der Waals surface area contributed by atoms with Crippen LogP contribution in [0, 0.1) is 0 Å². The van der Waals surface area contributed by atoms with E-state index in [1.807, 2.05) is 6.20 Å². The molecule has 0 saturated heterocycles. The average molecular weight is 254 g/mol. The van der Waals surface area contributed by atoms with Gasteiger partial charge < -0.3 is 15.2 Å². The van der Waals surface area contributed by atoms with Crippen molar-refractivity contribution in [1.29, 1.82) is 0 Å². The van der Waals surface area contributed by atoms with Gasteiger partial charge in [-0.05, 0) is 12.8 Å². The molecule has 6 heteroatoms. The Morgan fingerprint density at radius 2 is 2.28 bits per heavy atom. The Kier molecular flexibility index (Phi) is 4.68. The summed E-state index contributed by atoms with van der Waals surface area (Å²) in [6.45, 7) is 2.72. The summed E-state index contributed by atoms with van der Waals surface area (Å²) >= 11 is 0. The first kappa shape index (κ1) is 13.5. The lowest BCUT2D eigenvalue weighted by atomic mass is 10.0. The quantitative estimate of drug-likeness (QED) is 0.686. The van der Waals surface area contributed by atoms with Crippen molar-refractivity contribution in [2.24, 2.45) is 0 Å². The Balaban J connectivity index is 1.78. The van der Waals surface area contributed by atoms with Gasteiger partial charge in [0, 0.05) is 26.4 Å². The van der Waals surface area contributed by atoms with Crippen LogP contribution in [0.5, 0.6) is 0 Å². The standard InChI is InChI=1S/C12H22N4O2/c1-18-7-6-13-8-11-9-16(15-14-11)10-12(17)4-2-3-5-12/h9,13,17H,2-8,10H2,1H3. The van der Waals surface area contributed by atoms with Crippen molar-refractivity contribution in [2.45, 2.75) is 44.4 Å². The highest BCUT2D eigenvalue weighted by Crippen LogP contribution is 2.30. The highest BCUT2D eigenvalue weighted by atomic mass is 16.5. The molecule has 1 fully saturated rings. The molecule has 1 heterocycles. The van der Waals surface area contributed by atoms with Crippen LogP contribution in [0.25, 0.3) is 0 Å². The second-order valence-electron chi connectivity index (χ2n) is 5.01. The van der Waals surface area contributed by atoms with Gasteiger partial charge >= 0.3 is 0 Å². The molecular weight excluding hydrogens is 232 g/mol. The van der Waals surface area contributed by atoms with Crippen LogP contribution in [-0.2, 0) is 17.8 Å². The number of nitrogens with one attached hydrogen (secondary N) is 1. The molecule has 0 amide bonds. The topological polar surface area (TPSA) is 72.2 Å². The molecule has 0 spiro atoms. The number of methoxy groups -OCH3 is 1. The van der Waals surface area contributed by atoms with E-state index in [1.165, 1.54) is 0 Å². The molecule has 18 heavy (non-hydrogen) atoms. The second-order valence-corrected chi connectivity index (χ2v) is 5.01. The van der Waals surface area contributed by atoms with Gasteiger partial charge in [-0.15, -0.1) is 5.10 Å². The lowest BCUT2D eigenvalue weighted by Crippen LogP contribution is -2.30. The Hall–Kier alpha value is -0.980. The minimum Gasteiger partial charge on any atom is -0.388 e. The van der Waals surface area contributed by atoms with E-state index in [0.717, 1.165) is 37.9 Å². The van der Waals surface area contributed by atoms with Crippen LogP contribution in [-0.4, -0.2) is 46.0 Å². The van der Waals surface area contributed by atoms with E-state index in [0.29, 0.717) is 19.7 Å². The zero-order valence-corrected chi connectivity index (χ0v) is 10.9. The highest BCUT2D eigenvalue weighted by molar-refractivity contribution is 4.93. The van der Waals surface area contributed by atoms with Crippen molar-refractivity contribution >= 4 is 0 Å². The fourth-order valence-corrected chi connectivity index (χ4v) is 2.38. The van der Waals surface area contributed by atoms with Crippen molar-refractivity contribution in [3.8, 4) is 0 Å². The maximum absolute atomic E-state index is 10.3. The van der Waals surface area contributed by atoms with Crippen LogP contribution in [0.1, 0.15) is 31.4 Å². The highest BCUT2D eigenvalue weighted by Gasteiger charge is 2.31. The summed E-state index contributed by atoms with van der Waals surface area (Å²) in [6.07, 6.45) is 5.85. The number of hydrogen-bond acceptors (Lipinski definition) is 5. The summed E-state index contributed by atoms with van der Waals surface area (Å²) in [5.41, 5.74) is 0.321. The molecule has 0 radical (unpaired) electrons. The number of aliphatic hydroxyl groups is 1. The molecule has 1 saturated carbocycles. The van der Waals surface area contributed by atoms with Gasteiger partial charge in [-0.1, -0.05) is 18.1 Å². The van der Waals surface area contributed by atoms with Gasteiger partial charge in [0.05, 0.1) is 24.4 Å². The predicted octanol–water partition coefficient (Wildman–Crippen LogP) is 0.319. The van der Waals surface area contributed by atoms with Gasteiger partial charge in [0.2, 0.25) is 0 Å². The summed E-state index contributed by atoms with van der Waals surface area (Å²) in [7, 11) is 1.68. The van der Waals surface area contributed by atoms with Crippen LogP contribution < -0.4 is 5.32 Å². The van der Waals surface area contributed by atoms with Gasteiger partial charge in [0.25, 0.3) is 0 Å². The van der Waals surface area contributed by atoms with Gasteiger partial charge in [-0.2, -0.15) is 0 Å². The molecule has 6 nitrogen and oxygen atoms in total. The van der Waals surface area contributed by atoms with Gasteiger partial charge in [-0.3, -0.25) is 0 Å². The van der Waals surface area contributed by atoms with Gasteiger partial charge in [0.1, 0.15) is 0 Å². The molecule has 0 aromatic carbocycles. The van der Waals surface area contributed by atoms with E-state index in [-0.39, 0.29) is 0 Å². The fraction of sp³-hybridized carbons (Fsp3) is 0.833. The number of hydrogen-bond donors (Lipinski definition) is 2. The summed E-state index contributed by atoms with van der Waals surface area (Å²) in [4.78, 5) is 0. The third kappa shape index (κ3) is 3.76. The largest absolute Gasteiger partial charge is 0.388 e. The number of ether oxygens (including phenoxy) is 1. The van der Waals surface area contributed by atoms with Crippen molar-refractivity contribution in [1.82, 2.24) is 20.3 Å². The number of rotatable bonds is 7. The second kappa shape index (κ2) is 6.26. The van der Waals surface area contributed by atoms with Crippen molar-refractivity contribution in [3.63, 3.8) is 0 Å². The van der Waals surface area contributed by atoms with Gasteiger partial charge in [-0.25, -0.2) is 4.68 Å². The summed E-state index contributed by atoms with van der Waals surface area (Å²) in [5.74, 6) is 0. The lowest BCUT2D eigenvalue weighted by molar-refractivity contribution is 0.0260. The van der Waals surface area contributed by atoms with Crippen LogP contribution in [0.3, 0.4) is 0 Å². The minimum atomic E-state index is -0.575. The van der Waals surface area contributed by atoms with Crippen LogP contribution in [0.15, 0.2) is 6.20 Å². The van der Waals surface area contributed by atoms with Crippen LogP contribution in [0.2, 0.25) is 0 Å². The maximum atomic E-state index is 10.3. The third-order valence-electron chi connectivity index (χ3n) is 3.37. The molecule has 2 rings (SSSR count). The Morgan fingerprint density at radius 1 is 1.50 bits per heavy atom. The minimum absolute atomic E-state index is 0.554. The Labute approximate surface area is 107 Å². The molecule has 1 aromatic rings. The zero-order chi connectivity index (χ0) is 12.8. The first-order chi connectivity index (χ1) is 8.72. The smallest absolute Gasteiger partial charge is 0.0964 e. The Bertz CT molecular complexity index is 361. The van der Waals surface area contributed by atoms with Gasteiger partial charge in [0.15, 0.2) is 0 Å². The fourth-order valence-electron chi connectivity index (χ4n) is 2.38. The molecule has 2 N–H and O–H groups in total. The molecule has 0 aliphatic heterocycles. The van der Waals surface area contributed by atoms with E-state index in [2.05, 4.69) is 15.6 Å². The predicted molar refractivity (Wildman–Crippen MR) is 67.0 cm³/mol. The summed E-state index contributed by atoms with van der Waals surface area (Å²) < 4.78 is 6.70. The Morgan fingerprint density at radius 3 is 3.00 bits per heavy atom. The van der Waals surface area contributed by atoms with E-state index in [9.17, 15) is 5.11 Å². The number of aromatic nitrogens is 3. The zero-order valence-electron chi connectivity index (χ0n) is 10.9. The molecule has 1 aliphatic rings. The molecule has 1 aromatic heterocycles. The molecule has 0 atom stereocenters. The third-order valence-corrected chi connectivity index (χ3v) is 3.37. The van der Waals surface area contributed by atoms with Crippen molar-refractivity contribution < 1.29 is 9.84 Å². The molecule has 0 bridgehead atoms.